The summed E-state index contributed by atoms with van der Waals surface area (Å²) in [6.07, 6.45) is 1.41. The van der Waals surface area contributed by atoms with E-state index in [1.54, 1.807) is 24.3 Å². The summed E-state index contributed by atoms with van der Waals surface area (Å²) in [5.41, 5.74) is 0.0721. The van der Waals surface area contributed by atoms with Gasteiger partial charge in [0.15, 0.2) is 0 Å². The summed E-state index contributed by atoms with van der Waals surface area (Å²) in [5.74, 6) is -1.06. The monoisotopic (exact) mass is 285 g/mol. The van der Waals surface area contributed by atoms with Crippen molar-refractivity contribution in [2.45, 2.75) is 6.42 Å². The molecule has 2 N–H and O–H groups in total. The molecule has 2 aromatic rings. The lowest BCUT2D eigenvalue weighted by Crippen LogP contribution is -2.50. The van der Waals surface area contributed by atoms with Crippen LogP contribution in [-0.2, 0) is 4.79 Å². The van der Waals surface area contributed by atoms with E-state index in [4.69, 9.17) is 0 Å². The van der Waals surface area contributed by atoms with Gasteiger partial charge in [0, 0.05) is 29.9 Å². The number of nitrogens with one attached hydrogen (secondary N) is 1. The average Bonchev–Trinajstić information content (AvgIpc) is 2.46. The van der Waals surface area contributed by atoms with Gasteiger partial charge in [0.25, 0.3) is 0 Å². The van der Waals surface area contributed by atoms with Gasteiger partial charge < -0.3 is 5.11 Å². The second-order valence-electron chi connectivity index (χ2n) is 4.60. The Morgan fingerprint density at radius 1 is 1.24 bits per heavy atom. The second kappa shape index (κ2) is 4.86. The number of nitrogens with zero attached hydrogens (tertiary/aromatic N) is 2. The van der Waals surface area contributed by atoms with Crippen molar-refractivity contribution in [2.75, 3.05) is 11.4 Å². The zero-order chi connectivity index (χ0) is 15.0. The number of hydrogen-bond acceptors (Lipinski definition) is 4. The van der Waals surface area contributed by atoms with Crippen LogP contribution in [0.25, 0.3) is 10.8 Å². The fourth-order valence-corrected chi connectivity index (χ4v) is 2.33. The molecule has 0 aliphatic carbocycles. The minimum Gasteiger partial charge on any atom is -0.478 e. The van der Waals surface area contributed by atoms with Crippen LogP contribution < -0.4 is 10.2 Å². The Morgan fingerprint density at radius 3 is 2.62 bits per heavy atom. The average molecular weight is 285 g/mol. The van der Waals surface area contributed by atoms with Crippen molar-refractivity contribution < 1.29 is 19.5 Å². The summed E-state index contributed by atoms with van der Waals surface area (Å²) in [4.78, 5) is 39.8. The lowest BCUT2D eigenvalue weighted by atomic mass is 10.1. The van der Waals surface area contributed by atoms with Crippen molar-refractivity contribution in [3.8, 4) is 0 Å². The lowest BCUT2D eigenvalue weighted by Gasteiger charge is -2.26. The van der Waals surface area contributed by atoms with Crippen LogP contribution in [0.2, 0.25) is 0 Å². The van der Waals surface area contributed by atoms with Crippen molar-refractivity contribution in [3.63, 3.8) is 0 Å². The summed E-state index contributed by atoms with van der Waals surface area (Å²) < 4.78 is 0. The molecular formula is C14H11N3O4. The van der Waals surface area contributed by atoms with Gasteiger partial charge in [0.2, 0.25) is 5.91 Å². The van der Waals surface area contributed by atoms with E-state index in [2.05, 4.69) is 10.3 Å². The van der Waals surface area contributed by atoms with Crippen LogP contribution in [0, 0.1) is 0 Å². The Balaban J connectivity index is 2.16. The fourth-order valence-electron chi connectivity index (χ4n) is 2.33. The zero-order valence-electron chi connectivity index (χ0n) is 10.9. The number of aromatic nitrogens is 1. The molecular weight excluding hydrogens is 274 g/mol. The molecule has 0 radical (unpaired) electrons. The number of amides is 3. The number of carbonyl (C=O) groups excluding carboxylic acids is 2. The predicted octanol–water partition coefficient (Wildman–Crippen LogP) is 1.38. The predicted molar refractivity (Wildman–Crippen MR) is 74.2 cm³/mol. The molecule has 1 fully saturated rings. The van der Waals surface area contributed by atoms with Gasteiger partial charge in [-0.15, -0.1) is 0 Å². The molecule has 2 heterocycles. The first-order valence-corrected chi connectivity index (χ1v) is 6.30. The third kappa shape index (κ3) is 2.18. The number of hydrogen-bond donors (Lipinski definition) is 2. The highest BCUT2D eigenvalue weighted by atomic mass is 16.4. The molecule has 1 aliphatic heterocycles. The number of carboxylic acid groups (broad SMARTS) is 1. The molecule has 3 rings (SSSR count). The molecule has 1 aromatic heterocycles. The Hall–Kier alpha value is -2.96. The topological polar surface area (TPSA) is 99.6 Å². The van der Waals surface area contributed by atoms with E-state index in [9.17, 15) is 19.5 Å². The molecule has 0 saturated carbocycles. The van der Waals surface area contributed by atoms with Crippen LogP contribution in [0.4, 0.5) is 10.6 Å². The van der Waals surface area contributed by atoms with Gasteiger partial charge >= 0.3 is 12.0 Å². The highest BCUT2D eigenvalue weighted by Gasteiger charge is 2.27. The third-order valence-electron chi connectivity index (χ3n) is 3.31. The first kappa shape index (κ1) is 13.0. The summed E-state index contributed by atoms with van der Waals surface area (Å²) in [5, 5.41) is 12.5. The second-order valence-corrected chi connectivity index (χ2v) is 4.60. The number of carbonyl (C=O) groups is 3. The fraction of sp³-hybridized carbons (Fsp3) is 0.143. The lowest BCUT2D eigenvalue weighted by molar-refractivity contribution is -0.120. The van der Waals surface area contributed by atoms with Crippen molar-refractivity contribution in [2.24, 2.45) is 0 Å². The minimum absolute atomic E-state index is 0.0721. The number of pyridine rings is 1. The maximum atomic E-state index is 11.9. The van der Waals surface area contributed by atoms with Crippen LogP contribution >= 0.6 is 0 Å². The normalized spacial score (nSPS) is 15.1. The number of benzene rings is 1. The number of anilines is 1. The van der Waals surface area contributed by atoms with Crippen LogP contribution in [-0.4, -0.2) is 34.5 Å². The summed E-state index contributed by atoms with van der Waals surface area (Å²) >= 11 is 0. The van der Waals surface area contributed by atoms with E-state index in [0.717, 1.165) is 0 Å². The molecule has 0 atom stereocenters. The zero-order valence-corrected chi connectivity index (χ0v) is 10.9. The Morgan fingerprint density at radius 2 is 1.95 bits per heavy atom. The minimum atomic E-state index is -1.08. The Kier molecular flexibility index (Phi) is 3.02. The number of urea groups is 1. The molecule has 0 spiro atoms. The number of aromatic carboxylic acids is 1. The summed E-state index contributed by atoms with van der Waals surface area (Å²) in [7, 11) is 0. The van der Waals surface area contributed by atoms with E-state index in [1.807, 2.05) is 0 Å². The van der Waals surface area contributed by atoms with Crippen molar-refractivity contribution in [1.29, 1.82) is 0 Å². The van der Waals surface area contributed by atoms with Gasteiger partial charge in [0.05, 0.1) is 5.56 Å². The van der Waals surface area contributed by atoms with Gasteiger partial charge in [-0.05, 0) is 0 Å². The number of fused-ring (bicyclic) bond motifs is 1. The number of rotatable bonds is 2. The Labute approximate surface area is 119 Å². The molecule has 0 bridgehead atoms. The molecule has 1 saturated heterocycles. The molecule has 7 nitrogen and oxygen atoms in total. The van der Waals surface area contributed by atoms with Gasteiger partial charge in [-0.1, -0.05) is 24.3 Å². The highest BCUT2D eigenvalue weighted by Crippen LogP contribution is 2.28. The van der Waals surface area contributed by atoms with Gasteiger partial charge in [-0.25, -0.2) is 14.6 Å². The van der Waals surface area contributed by atoms with E-state index in [0.29, 0.717) is 16.6 Å². The van der Waals surface area contributed by atoms with E-state index in [-0.39, 0.29) is 24.4 Å². The molecule has 7 heteroatoms. The molecule has 21 heavy (non-hydrogen) atoms. The quantitative estimate of drug-likeness (QED) is 0.868. The van der Waals surface area contributed by atoms with Gasteiger partial charge in [-0.3, -0.25) is 15.0 Å². The van der Waals surface area contributed by atoms with E-state index >= 15 is 0 Å². The standard InChI is InChI=1S/C14H11N3O4/c18-11-5-6-17(14(21)16-11)12-9-4-2-1-3-8(9)10(7-15-12)13(19)20/h1-4,7H,5-6H2,(H,19,20)(H,16,18,21). The molecule has 106 valence electrons. The number of carboxylic acids is 1. The van der Waals surface area contributed by atoms with Crippen molar-refractivity contribution >= 4 is 34.5 Å². The van der Waals surface area contributed by atoms with E-state index < -0.39 is 12.0 Å². The smallest absolute Gasteiger partial charge is 0.337 e. The van der Waals surface area contributed by atoms with Crippen LogP contribution in [0.15, 0.2) is 30.5 Å². The van der Waals surface area contributed by atoms with Gasteiger partial charge in [0.1, 0.15) is 5.82 Å². The maximum Gasteiger partial charge on any atom is 0.337 e. The van der Waals surface area contributed by atoms with E-state index in [1.165, 1.54) is 11.1 Å². The first-order valence-electron chi connectivity index (χ1n) is 6.30. The highest BCUT2D eigenvalue weighted by molar-refractivity contribution is 6.12. The van der Waals surface area contributed by atoms with Crippen LogP contribution in [0.3, 0.4) is 0 Å². The van der Waals surface area contributed by atoms with Crippen LogP contribution in [0.1, 0.15) is 16.8 Å². The molecule has 1 aromatic carbocycles. The van der Waals surface area contributed by atoms with Crippen molar-refractivity contribution in [1.82, 2.24) is 10.3 Å². The SMILES string of the molecule is O=C1CCN(c2ncc(C(=O)O)c3ccccc23)C(=O)N1. The third-order valence-corrected chi connectivity index (χ3v) is 3.31. The summed E-state index contributed by atoms with van der Waals surface area (Å²) in [6, 6.07) is 6.28. The van der Waals surface area contributed by atoms with Crippen LogP contribution in [0.5, 0.6) is 0 Å². The van der Waals surface area contributed by atoms with Crippen molar-refractivity contribution in [3.05, 3.63) is 36.0 Å². The molecule has 1 aliphatic rings. The largest absolute Gasteiger partial charge is 0.478 e. The molecule has 0 unspecified atom stereocenters. The number of imide groups is 1. The Bertz CT molecular complexity index is 772. The first-order chi connectivity index (χ1) is 10.1. The van der Waals surface area contributed by atoms with Gasteiger partial charge in [-0.2, -0.15) is 0 Å². The summed E-state index contributed by atoms with van der Waals surface area (Å²) in [6.45, 7) is 0.216. The maximum absolute atomic E-state index is 11.9. The molecule has 3 amide bonds.